The molecule has 1 aromatic heterocycles. The molecule has 1 amide bonds. The van der Waals surface area contributed by atoms with E-state index in [2.05, 4.69) is 10.4 Å². The molecule has 5 heteroatoms. The molecule has 5 nitrogen and oxygen atoms in total. The molecule has 0 unspecified atom stereocenters. The van der Waals surface area contributed by atoms with E-state index in [1.54, 1.807) is 18.2 Å². The standard InChI is InChI=1S/C19H17N3O2/c23-15-8-4-7-14(9-15)16-10-18(24)21-19-17(16)11-20-22(19)12-13-5-2-1-3-6-13/h1-9,11,16,23H,10,12H2,(H,21,24)/t16-/m1/s1. The van der Waals surface area contributed by atoms with Crippen molar-refractivity contribution in [3.63, 3.8) is 0 Å². The maximum Gasteiger partial charge on any atom is 0.226 e. The van der Waals surface area contributed by atoms with Crippen LogP contribution in [0.2, 0.25) is 0 Å². The maximum absolute atomic E-state index is 12.2. The van der Waals surface area contributed by atoms with Crippen molar-refractivity contribution in [2.75, 3.05) is 5.32 Å². The highest BCUT2D eigenvalue weighted by molar-refractivity contribution is 5.94. The second kappa shape index (κ2) is 5.85. The monoisotopic (exact) mass is 319 g/mol. The van der Waals surface area contributed by atoms with Gasteiger partial charge in [0.15, 0.2) is 0 Å². The van der Waals surface area contributed by atoms with E-state index in [9.17, 15) is 9.90 Å². The highest BCUT2D eigenvalue weighted by atomic mass is 16.3. The minimum Gasteiger partial charge on any atom is -0.508 e. The van der Waals surface area contributed by atoms with Crippen molar-refractivity contribution < 1.29 is 9.90 Å². The van der Waals surface area contributed by atoms with Gasteiger partial charge in [0.05, 0.1) is 12.7 Å². The van der Waals surface area contributed by atoms with E-state index in [0.717, 1.165) is 22.5 Å². The van der Waals surface area contributed by atoms with E-state index in [1.165, 1.54) is 0 Å². The first kappa shape index (κ1) is 14.5. The normalized spacial score (nSPS) is 16.5. The molecule has 0 radical (unpaired) electrons. The topological polar surface area (TPSA) is 67.1 Å². The van der Waals surface area contributed by atoms with Gasteiger partial charge in [-0.2, -0.15) is 5.10 Å². The lowest BCUT2D eigenvalue weighted by Crippen LogP contribution is -2.25. The first-order valence-corrected chi connectivity index (χ1v) is 7.89. The van der Waals surface area contributed by atoms with Crippen LogP contribution in [0.4, 0.5) is 5.82 Å². The highest BCUT2D eigenvalue weighted by Gasteiger charge is 2.30. The van der Waals surface area contributed by atoms with E-state index in [0.29, 0.717) is 13.0 Å². The molecular weight excluding hydrogens is 302 g/mol. The number of phenolic OH excluding ortho intramolecular Hbond substituents is 1. The van der Waals surface area contributed by atoms with Crippen molar-refractivity contribution in [1.82, 2.24) is 9.78 Å². The maximum atomic E-state index is 12.2. The number of hydrogen-bond donors (Lipinski definition) is 2. The first-order chi connectivity index (χ1) is 11.7. The molecule has 2 N–H and O–H groups in total. The minimum atomic E-state index is -0.0922. The Morgan fingerprint density at radius 1 is 1.17 bits per heavy atom. The van der Waals surface area contributed by atoms with E-state index in [4.69, 9.17) is 0 Å². The summed E-state index contributed by atoms with van der Waals surface area (Å²) < 4.78 is 1.82. The zero-order valence-electron chi connectivity index (χ0n) is 13.0. The van der Waals surface area contributed by atoms with E-state index >= 15 is 0 Å². The van der Waals surface area contributed by atoms with Crippen LogP contribution >= 0.6 is 0 Å². The zero-order valence-corrected chi connectivity index (χ0v) is 13.0. The van der Waals surface area contributed by atoms with Crippen LogP contribution < -0.4 is 5.32 Å². The SMILES string of the molecule is O=C1C[C@H](c2cccc(O)c2)c2cnn(Cc3ccccc3)c2N1. The molecule has 0 bridgehead atoms. The molecule has 2 heterocycles. The number of carbonyl (C=O) groups excluding carboxylic acids is 1. The summed E-state index contributed by atoms with van der Waals surface area (Å²) in [5.41, 5.74) is 3.03. The number of anilines is 1. The first-order valence-electron chi connectivity index (χ1n) is 7.89. The molecule has 2 aromatic carbocycles. The van der Waals surface area contributed by atoms with Gasteiger partial charge < -0.3 is 10.4 Å². The lowest BCUT2D eigenvalue weighted by molar-refractivity contribution is -0.116. The van der Waals surface area contributed by atoms with Crippen LogP contribution in [0, 0.1) is 0 Å². The van der Waals surface area contributed by atoms with Gasteiger partial charge in [-0.1, -0.05) is 42.5 Å². The number of nitrogens with zero attached hydrogens (tertiary/aromatic N) is 2. The summed E-state index contributed by atoms with van der Waals surface area (Å²) in [4.78, 5) is 12.2. The fraction of sp³-hybridized carbons (Fsp3) is 0.158. The summed E-state index contributed by atoms with van der Waals surface area (Å²) in [5.74, 6) is 0.816. The molecule has 0 saturated heterocycles. The Hall–Kier alpha value is -3.08. The van der Waals surface area contributed by atoms with Gasteiger partial charge in [0.2, 0.25) is 5.91 Å². The summed E-state index contributed by atoms with van der Waals surface area (Å²) in [6.45, 7) is 0.600. The third kappa shape index (κ3) is 2.65. The van der Waals surface area contributed by atoms with Gasteiger partial charge in [-0.05, 0) is 23.3 Å². The van der Waals surface area contributed by atoms with Crippen LogP contribution in [0.3, 0.4) is 0 Å². The predicted molar refractivity (Wildman–Crippen MR) is 91.0 cm³/mol. The molecule has 1 aliphatic heterocycles. The van der Waals surface area contributed by atoms with Crippen LogP contribution in [0.5, 0.6) is 5.75 Å². The van der Waals surface area contributed by atoms with E-state index in [-0.39, 0.29) is 17.6 Å². The zero-order chi connectivity index (χ0) is 16.5. The van der Waals surface area contributed by atoms with Crippen LogP contribution in [-0.2, 0) is 11.3 Å². The molecule has 1 aliphatic rings. The fourth-order valence-corrected chi connectivity index (χ4v) is 3.19. The lowest BCUT2D eigenvalue weighted by atomic mass is 9.87. The lowest BCUT2D eigenvalue weighted by Gasteiger charge is -2.24. The number of nitrogens with one attached hydrogen (secondary N) is 1. The Labute approximate surface area is 139 Å². The smallest absolute Gasteiger partial charge is 0.226 e. The molecule has 0 aliphatic carbocycles. The number of carbonyl (C=O) groups is 1. The highest BCUT2D eigenvalue weighted by Crippen LogP contribution is 2.37. The molecule has 4 rings (SSSR count). The number of fused-ring (bicyclic) bond motifs is 1. The second-order valence-electron chi connectivity index (χ2n) is 5.99. The van der Waals surface area contributed by atoms with Gasteiger partial charge >= 0.3 is 0 Å². The van der Waals surface area contributed by atoms with Crippen molar-refractivity contribution in [1.29, 1.82) is 0 Å². The van der Waals surface area contributed by atoms with Crippen molar-refractivity contribution >= 4 is 11.7 Å². The van der Waals surface area contributed by atoms with Crippen molar-refractivity contribution in [3.05, 3.63) is 77.5 Å². The summed E-state index contributed by atoms with van der Waals surface area (Å²) in [7, 11) is 0. The molecule has 120 valence electrons. The minimum absolute atomic E-state index is 0.0364. The summed E-state index contributed by atoms with van der Waals surface area (Å²) >= 11 is 0. The third-order valence-electron chi connectivity index (χ3n) is 4.34. The average Bonchev–Trinajstić information content (AvgIpc) is 2.98. The van der Waals surface area contributed by atoms with Gasteiger partial charge in [-0.3, -0.25) is 4.79 Å². The quantitative estimate of drug-likeness (QED) is 0.779. The van der Waals surface area contributed by atoms with Gasteiger partial charge in [-0.15, -0.1) is 0 Å². The Morgan fingerprint density at radius 3 is 2.79 bits per heavy atom. The van der Waals surface area contributed by atoms with Crippen LogP contribution in [0.1, 0.15) is 29.0 Å². The Balaban J connectivity index is 1.72. The molecule has 1 atom stereocenters. The van der Waals surface area contributed by atoms with E-state index in [1.807, 2.05) is 47.3 Å². The van der Waals surface area contributed by atoms with Gasteiger partial charge in [0.1, 0.15) is 11.6 Å². The number of amides is 1. The Kier molecular flexibility index (Phi) is 3.54. The van der Waals surface area contributed by atoms with Crippen molar-refractivity contribution in [2.24, 2.45) is 0 Å². The van der Waals surface area contributed by atoms with Gasteiger partial charge in [0.25, 0.3) is 0 Å². The number of rotatable bonds is 3. The molecular formula is C19H17N3O2. The van der Waals surface area contributed by atoms with E-state index < -0.39 is 0 Å². The largest absolute Gasteiger partial charge is 0.508 e. The Bertz CT molecular complexity index is 887. The number of hydrogen-bond acceptors (Lipinski definition) is 3. The summed E-state index contributed by atoms with van der Waals surface area (Å²) in [6, 6.07) is 17.1. The van der Waals surface area contributed by atoms with Crippen molar-refractivity contribution in [2.45, 2.75) is 18.9 Å². The molecule has 3 aromatic rings. The number of aromatic hydroxyl groups is 1. The molecule has 24 heavy (non-hydrogen) atoms. The van der Waals surface area contributed by atoms with Crippen LogP contribution in [-0.4, -0.2) is 20.8 Å². The number of benzene rings is 2. The number of aromatic nitrogens is 2. The Morgan fingerprint density at radius 2 is 2.00 bits per heavy atom. The number of phenols is 1. The van der Waals surface area contributed by atoms with Crippen LogP contribution in [0.15, 0.2) is 60.8 Å². The second-order valence-corrected chi connectivity index (χ2v) is 5.99. The summed E-state index contributed by atoms with van der Waals surface area (Å²) in [5, 5.41) is 17.1. The van der Waals surface area contributed by atoms with Crippen molar-refractivity contribution in [3.8, 4) is 5.75 Å². The van der Waals surface area contributed by atoms with Gasteiger partial charge in [0, 0.05) is 17.9 Å². The molecule has 0 saturated carbocycles. The third-order valence-corrected chi connectivity index (χ3v) is 4.34. The molecule has 0 spiro atoms. The molecule has 0 fully saturated rings. The fourth-order valence-electron chi connectivity index (χ4n) is 3.19. The summed E-state index contributed by atoms with van der Waals surface area (Å²) in [6.07, 6.45) is 2.17. The van der Waals surface area contributed by atoms with Crippen LogP contribution in [0.25, 0.3) is 0 Å². The average molecular weight is 319 g/mol. The predicted octanol–water partition coefficient (Wildman–Crippen LogP) is 3.11. The van der Waals surface area contributed by atoms with Gasteiger partial charge in [-0.25, -0.2) is 4.68 Å².